The van der Waals surface area contributed by atoms with Crippen LogP contribution in [0, 0.1) is 0 Å². The third kappa shape index (κ3) is 3.06. The van der Waals surface area contributed by atoms with Crippen molar-refractivity contribution in [2.45, 2.75) is 39.8 Å². The van der Waals surface area contributed by atoms with E-state index >= 15 is 0 Å². The fourth-order valence-corrected chi connectivity index (χ4v) is 1.12. The van der Waals surface area contributed by atoms with E-state index in [1.165, 1.54) is 0 Å². The Balaban J connectivity index is 4.20. The highest BCUT2D eigenvalue weighted by Gasteiger charge is 2.21. The summed E-state index contributed by atoms with van der Waals surface area (Å²) in [4.78, 5) is 17.2. The highest BCUT2D eigenvalue weighted by molar-refractivity contribution is 5.67. The molecule has 0 spiro atoms. The minimum Gasteiger partial charge on any atom is -0.338 e. The van der Waals surface area contributed by atoms with E-state index in [9.17, 15) is 4.79 Å². The molecule has 0 aliphatic carbocycles. The number of nitrogens with zero attached hydrogens (tertiary/aromatic N) is 1. The molecule has 0 rings (SSSR count). The van der Waals surface area contributed by atoms with Crippen LogP contribution in [0.5, 0.6) is 0 Å². The van der Waals surface area contributed by atoms with Crippen LogP contribution in [0.4, 0.5) is 4.79 Å². The first-order chi connectivity index (χ1) is 5.50. The summed E-state index contributed by atoms with van der Waals surface area (Å²) in [6.45, 7) is 7.66. The summed E-state index contributed by atoms with van der Waals surface area (Å²) >= 11 is 0. The van der Waals surface area contributed by atoms with Crippen LogP contribution in [0.3, 0.4) is 0 Å². The van der Waals surface area contributed by atoms with Crippen LogP contribution >= 0.6 is 0 Å². The Morgan fingerprint density at radius 3 is 2.00 bits per heavy atom. The molecule has 0 aliphatic rings. The Kier molecular flexibility index (Phi) is 4.61. The number of hydrogen-bond acceptors (Lipinski definition) is 4. The number of carbonyl (C=O) groups excluding carboxylic acids is 1. The lowest BCUT2D eigenvalue weighted by Crippen LogP contribution is -2.45. The second-order valence-electron chi connectivity index (χ2n) is 3.08. The predicted molar refractivity (Wildman–Crippen MR) is 45.9 cm³/mol. The smallest absolute Gasteiger partial charge is 0.338 e. The highest BCUT2D eigenvalue weighted by atomic mass is 16.7. The van der Waals surface area contributed by atoms with Crippen LogP contribution in [-0.4, -0.2) is 23.1 Å². The zero-order valence-corrected chi connectivity index (χ0v) is 8.00. The summed E-state index contributed by atoms with van der Waals surface area (Å²) in [7, 11) is 0. The Labute approximate surface area is 72.8 Å². The summed E-state index contributed by atoms with van der Waals surface area (Å²) in [6.07, 6.45) is -0.456. The Hall–Kier alpha value is -0.810. The normalized spacial score (nSPS) is 10.6. The molecule has 0 saturated carbocycles. The number of hydrogen-bond donors (Lipinski definition) is 2. The van der Waals surface area contributed by atoms with Gasteiger partial charge in [-0.2, -0.15) is 0 Å². The van der Waals surface area contributed by atoms with E-state index < -0.39 is 6.09 Å². The second kappa shape index (κ2) is 4.95. The largest absolute Gasteiger partial charge is 0.430 e. The lowest BCUT2D eigenvalue weighted by Gasteiger charge is -2.28. The standard InChI is InChI=1S/C7H17N3O2/c1-5(2)10(6(3)4)7(11)12-9-8/h5-6,9H,8H2,1-4H3. The average Bonchev–Trinajstić information content (AvgIpc) is 1.85. The van der Waals surface area contributed by atoms with Crippen LogP contribution in [0.1, 0.15) is 27.7 Å². The van der Waals surface area contributed by atoms with Gasteiger partial charge < -0.3 is 9.74 Å². The number of rotatable bonds is 3. The van der Waals surface area contributed by atoms with Gasteiger partial charge in [0.05, 0.1) is 0 Å². The van der Waals surface area contributed by atoms with Gasteiger partial charge in [-0.25, -0.2) is 10.6 Å². The van der Waals surface area contributed by atoms with Gasteiger partial charge in [0.1, 0.15) is 0 Å². The van der Waals surface area contributed by atoms with Gasteiger partial charge in [0.2, 0.25) is 0 Å². The number of amides is 1. The number of hydrazine groups is 1. The minimum absolute atomic E-state index is 0.103. The molecule has 12 heavy (non-hydrogen) atoms. The van der Waals surface area contributed by atoms with Crippen LogP contribution in [0.25, 0.3) is 0 Å². The summed E-state index contributed by atoms with van der Waals surface area (Å²) in [6, 6.07) is 0.205. The van der Waals surface area contributed by atoms with Gasteiger partial charge in [-0.1, -0.05) is 5.59 Å². The topological polar surface area (TPSA) is 67.6 Å². The molecule has 5 nitrogen and oxygen atoms in total. The van der Waals surface area contributed by atoms with E-state index in [2.05, 4.69) is 4.84 Å². The Bertz CT molecular complexity index is 140. The molecule has 0 unspecified atom stereocenters. The van der Waals surface area contributed by atoms with Crippen LogP contribution in [0.2, 0.25) is 0 Å². The van der Waals surface area contributed by atoms with Gasteiger partial charge in [0.15, 0.2) is 0 Å². The van der Waals surface area contributed by atoms with Crippen molar-refractivity contribution in [3.8, 4) is 0 Å². The molecule has 0 atom stereocenters. The molecule has 72 valence electrons. The van der Waals surface area contributed by atoms with Crippen molar-refractivity contribution in [3.63, 3.8) is 0 Å². The summed E-state index contributed by atoms with van der Waals surface area (Å²) in [5.41, 5.74) is 1.87. The molecule has 0 aromatic heterocycles. The molecule has 0 fully saturated rings. The monoisotopic (exact) mass is 175 g/mol. The van der Waals surface area contributed by atoms with E-state index in [1.54, 1.807) is 4.90 Å². The highest BCUT2D eigenvalue weighted by Crippen LogP contribution is 2.05. The van der Waals surface area contributed by atoms with Crippen molar-refractivity contribution in [2.24, 2.45) is 5.84 Å². The molecule has 0 aromatic carbocycles. The van der Waals surface area contributed by atoms with Gasteiger partial charge in [-0.3, -0.25) is 0 Å². The fourth-order valence-electron chi connectivity index (χ4n) is 1.12. The fraction of sp³-hybridized carbons (Fsp3) is 0.857. The Morgan fingerprint density at radius 1 is 1.33 bits per heavy atom. The second-order valence-corrected chi connectivity index (χ2v) is 3.08. The van der Waals surface area contributed by atoms with E-state index in [0.29, 0.717) is 0 Å². The number of nitrogens with one attached hydrogen (secondary N) is 1. The maximum Gasteiger partial charge on any atom is 0.430 e. The molecule has 1 amide bonds. The van der Waals surface area contributed by atoms with E-state index in [4.69, 9.17) is 5.84 Å². The summed E-state index contributed by atoms with van der Waals surface area (Å²) in [5.74, 6) is 4.85. The molecule has 0 heterocycles. The first-order valence-corrected chi connectivity index (χ1v) is 3.95. The van der Waals surface area contributed by atoms with Crippen LogP contribution in [0.15, 0.2) is 0 Å². The molecular formula is C7H17N3O2. The quantitative estimate of drug-likeness (QED) is 0.487. The van der Waals surface area contributed by atoms with Crippen molar-refractivity contribution in [1.82, 2.24) is 10.5 Å². The van der Waals surface area contributed by atoms with Crippen molar-refractivity contribution in [2.75, 3.05) is 0 Å². The molecule has 0 radical (unpaired) electrons. The van der Waals surface area contributed by atoms with Crippen molar-refractivity contribution < 1.29 is 9.63 Å². The van der Waals surface area contributed by atoms with Crippen LogP contribution in [-0.2, 0) is 4.84 Å². The molecule has 0 aliphatic heterocycles. The van der Waals surface area contributed by atoms with E-state index in [-0.39, 0.29) is 12.1 Å². The van der Waals surface area contributed by atoms with Crippen molar-refractivity contribution in [1.29, 1.82) is 0 Å². The number of nitrogens with two attached hydrogens (primary N) is 1. The maximum atomic E-state index is 11.2. The SMILES string of the molecule is CC(C)N(C(=O)ONN)C(C)C. The van der Waals surface area contributed by atoms with E-state index in [1.807, 2.05) is 33.3 Å². The van der Waals surface area contributed by atoms with Gasteiger partial charge in [0.25, 0.3) is 0 Å². The molecule has 0 bridgehead atoms. The maximum absolute atomic E-state index is 11.2. The minimum atomic E-state index is -0.456. The summed E-state index contributed by atoms with van der Waals surface area (Å²) < 4.78 is 0. The van der Waals surface area contributed by atoms with E-state index in [0.717, 1.165) is 0 Å². The molecule has 3 N–H and O–H groups in total. The molecule has 0 aromatic rings. The molecule has 0 saturated heterocycles. The molecular weight excluding hydrogens is 158 g/mol. The first kappa shape index (κ1) is 11.2. The third-order valence-electron chi connectivity index (χ3n) is 1.47. The van der Waals surface area contributed by atoms with Crippen molar-refractivity contribution >= 4 is 6.09 Å². The van der Waals surface area contributed by atoms with Crippen molar-refractivity contribution in [3.05, 3.63) is 0 Å². The average molecular weight is 175 g/mol. The molecule has 5 heteroatoms. The summed E-state index contributed by atoms with van der Waals surface area (Å²) in [5, 5.41) is 0. The lowest BCUT2D eigenvalue weighted by molar-refractivity contribution is 0.0385. The van der Waals surface area contributed by atoms with Gasteiger partial charge in [-0.05, 0) is 27.7 Å². The zero-order chi connectivity index (χ0) is 9.72. The van der Waals surface area contributed by atoms with Gasteiger partial charge in [0, 0.05) is 12.1 Å². The van der Waals surface area contributed by atoms with Gasteiger partial charge in [-0.15, -0.1) is 0 Å². The van der Waals surface area contributed by atoms with Crippen LogP contribution < -0.4 is 11.4 Å². The predicted octanol–water partition coefficient (Wildman–Crippen LogP) is 0.620. The first-order valence-electron chi connectivity index (χ1n) is 3.95. The lowest BCUT2D eigenvalue weighted by atomic mass is 10.2. The van der Waals surface area contributed by atoms with Gasteiger partial charge >= 0.3 is 6.09 Å². The Morgan fingerprint density at radius 2 is 1.75 bits per heavy atom. The zero-order valence-electron chi connectivity index (χ0n) is 8.00. The third-order valence-corrected chi connectivity index (χ3v) is 1.47. The number of carbonyl (C=O) groups is 1.